The third-order valence-corrected chi connectivity index (χ3v) is 5.46. The number of Topliss-reactive ketones (excluding diaryl/α,β-unsaturated/α-hetero) is 1. The molecule has 0 saturated carbocycles. The zero-order valence-electron chi connectivity index (χ0n) is 17.8. The third kappa shape index (κ3) is 7.04. The number of nitrogens with zero attached hydrogens (tertiary/aromatic N) is 2. The van der Waals surface area contributed by atoms with Crippen molar-refractivity contribution in [3.05, 3.63) is 52.3 Å². The molecule has 1 aromatic heterocycles. The first kappa shape index (κ1) is 23.2. The molecule has 1 atom stereocenters. The summed E-state index contributed by atoms with van der Waals surface area (Å²) in [6.07, 6.45) is 4.65. The van der Waals surface area contributed by atoms with E-state index in [0.717, 1.165) is 15.6 Å². The van der Waals surface area contributed by atoms with E-state index in [4.69, 9.17) is 14.2 Å². The van der Waals surface area contributed by atoms with Crippen LogP contribution in [0.3, 0.4) is 0 Å². The molecule has 1 amide bonds. The lowest BCUT2D eigenvalue weighted by Crippen LogP contribution is -2.48. The predicted octanol–water partition coefficient (Wildman–Crippen LogP) is 3.22. The van der Waals surface area contributed by atoms with Crippen LogP contribution in [0.25, 0.3) is 0 Å². The number of ketones is 1. The SMILES string of the molecule is COc1cc(CCC(C)=O)ccc1OCC1CN(C(=O)Cc2cncc(Br)c2)CCO1. The van der Waals surface area contributed by atoms with E-state index in [1.807, 2.05) is 24.3 Å². The highest BCUT2D eigenvalue weighted by atomic mass is 79.9. The van der Waals surface area contributed by atoms with Gasteiger partial charge in [-0.3, -0.25) is 9.78 Å². The second kappa shape index (κ2) is 11.2. The van der Waals surface area contributed by atoms with Crippen molar-refractivity contribution >= 4 is 27.6 Å². The van der Waals surface area contributed by atoms with E-state index >= 15 is 0 Å². The van der Waals surface area contributed by atoms with Gasteiger partial charge in [-0.2, -0.15) is 0 Å². The minimum absolute atomic E-state index is 0.0422. The minimum Gasteiger partial charge on any atom is -0.493 e. The number of aryl methyl sites for hydroxylation is 1. The maximum Gasteiger partial charge on any atom is 0.227 e. The van der Waals surface area contributed by atoms with E-state index in [1.165, 1.54) is 0 Å². The Kier molecular flexibility index (Phi) is 8.43. The molecule has 0 spiro atoms. The molecule has 3 rings (SSSR count). The molecular formula is C23H27BrN2O5. The van der Waals surface area contributed by atoms with Crippen LogP contribution in [0.1, 0.15) is 24.5 Å². The average Bonchev–Trinajstić information content (AvgIpc) is 2.76. The third-order valence-electron chi connectivity index (χ3n) is 5.03. The van der Waals surface area contributed by atoms with Crippen LogP contribution in [0, 0.1) is 0 Å². The van der Waals surface area contributed by atoms with Gasteiger partial charge in [0.15, 0.2) is 11.5 Å². The molecule has 1 aromatic carbocycles. The van der Waals surface area contributed by atoms with Crippen LogP contribution >= 0.6 is 15.9 Å². The minimum atomic E-state index is -0.222. The normalized spacial score (nSPS) is 16.1. The van der Waals surface area contributed by atoms with E-state index in [2.05, 4.69) is 20.9 Å². The summed E-state index contributed by atoms with van der Waals surface area (Å²) in [7, 11) is 1.59. The summed E-state index contributed by atoms with van der Waals surface area (Å²) < 4.78 is 18.0. The Morgan fingerprint density at radius 1 is 1.23 bits per heavy atom. The first-order valence-corrected chi connectivity index (χ1v) is 11.0. The Bertz CT molecular complexity index is 921. The molecule has 31 heavy (non-hydrogen) atoms. The molecule has 0 aliphatic carbocycles. The Morgan fingerprint density at radius 2 is 2.06 bits per heavy atom. The van der Waals surface area contributed by atoms with Gasteiger partial charge in [0.05, 0.1) is 26.7 Å². The largest absolute Gasteiger partial charge is 0.493 e. The number of hydrogen-bond acceptors (Lipinski definition) is 6. The lowest BCUT2D eigenvalue weighted by molar-refractivity contribution is -0.139. The fourth-order valence-electron chi connectivity index (χ4n) is 3.38. The van der Waals surface area contributed by atoms with Crippen molar-refractivity contribution in [3.63, 3.8) is 0 Å². The van der Waals surface area contributed by atoms with Crippen molar-refractivity contribution in [2.24, 2.45) is 0 Å². The fourth-order valence-corrected chi connectivity index (χ4v) is 3.79. The highest BCUT2D eigenvalue weighted by molar-refractivity contribution is 9.10. The van der Waals surface area contributed by atoms with Gasteiger partial charge in [-0.15, -0.1) is 0 Å². The molecule has 2 aromatic rings. The second-order valence-electron chi connectivity index (χ2n) is 7.52. The molecule has 1 saturated heterocycles. The molecule has 0 bridgehead atoms. The van der Waals surface area contributed by atoms with Gasteiger partial charge in [0.2, 0.25) is 5.91 Å². The van der Waals surface area contributed by atoms with Crippen molar-refractivity contribution in [1.82, 2.24) is 9.88 Å². The second-order valence-corrected chi connectivity index (χ2v) is 8.43. The van der Waals surface area contributed by atoms with Crippen LogP contribution < -0.4 is 9.47 Å². The van der Waals surface area contributed by atoms with Crippen LogP contribution in [-0.4, -0.2) is 61.1 Å². The molecular weight excluding hydrogens is 464 g/mol. The maximum absolute atomic E-state index is 12.7. The number of pyridine rings is 1. The Balaban J connectivity index is 1.54. The summed E-state index contributed by atoms with van der Waals surface area (Å²) in [5, 5.41) is 0. The fraction of sp³-hybridized carbons (Fsp3) is 0.435. The number of aromatic nitrogens is 1. The first-order chi connectivity index (χ1) is 14.9. The lowest BCUT2D eigenvalue weighted by atomic mass is 10.1. The number of benzene rings is 1. The quantitative estimate of drug-likeness (QED) is 0.536. The number of morpholine rings is 1. The van der Waals surface area contributed by atoms with Gasteiger partial charge >= 0.3 is 0 Å². The van der Waals surface area contributed by atoms with E-state index in [0.29, 0.717) is 57.1 Å². The van der Waals surface area contributed by atoms with Crippen LogP contribution in [0.15, 0.2) is 41.1 Å². The summed E-state index contributed by atoms with van der Waals surface area (Å²) in [5.41, 5.74) is 1.89. The summed E-state index contributed by atoms with van der Waals surface area (Å²) in [4.78, 5) is 29.8. The Morgan fingerprint density at radius 3 is 2.81 bits per heavy atom. The molecule has 1 aliphatic heterocycles. The van der Waals surface area contributed by atoms with Crippen molar-refractivity contribution in [3.8, 4) is 11.5 Å². The zero-order chi connectivity index (χ0) is 22.2. The van der Waals surface area contributed by atoms with Crippen molar-refractivity contribution < 1.29 is 23.8 Å². The predicted molar refractivity (Wildman–Crippen MR) is 119 cm³/mol. The standard InChI is InChI=1S/C23H27BrN2O5/c1-16(27)3-4-17-5-6-21(22(10-17)29-2)31-15-20-14-26(7-8-30-20)23(28)11-18-9-19(24)13-25-12-18/h5-6,9-10,12-13,20H,3-4,7-8,11,14-15H2,1-2H3. The summed E-state index contributed by atoms with van der Waals surface area (Å²) in [6, 6.07) is 7.57. The van der Waals surface area contributed by atoms with Crippen molar-refractivity contribution in [1.29, 1.82) is 0 Å². The first-order valence-electron chi connectivity index (χ1n) is 10.2. The molecule has 1 aliphatic rings. The molecule has 0 N–H and O–H groups in total. The lowest BCUT2D eigenvalue weighted by Gasteiger charge is -2.33. The maximum atomic E-state index is 12.7. The van der Waals surface area contributed by atoms with Gasteiger partial charge in [-0.25, -0.2) is 0 Å². The molecule has 2 heterocycles. The molecule has 0 radical (unpaired) electrons. The van der Waals surface area contributed by atoms with Crippen molar-refractivity contribution in [2.45, 2.75) is 32.3 Å². The summed E-state index contributed by atoms with van der Waals surface area (Å²) in [6.45, 7) is 3.40. The monoisotopic (exact) mass is 490 g/mol. The number of rotatable bonds is 9. The van der Waals surface area contributed by atoms with Crippen molar-refractivity contribution in [2.75, 3.05) is 33.4 Å². The molecule has 8 heteroatoms. The van der Waals surface area contributed by atoms with E-state index < -0.39 is 0 Å². The van der Waals surface area contributed by atoms with Crippen LogP contribution in [0.4, 0.5) is 0 Å². The number of amides is 1. The van der Waals surface area contributed by atoms with E-state index in [1.54, 1.807) is 31.3 Å². The number of carbonyl (C=O) groups excluding carboxylic acids is 2. The molecule has 1 fully saturated rings. The Hall–Kier alpha value is -2.45. The summed E-state index contributed by atoms with van der Waals surface area (Å²) >= 11 is 3.38. The number of carbonyl (C=O) groups is 2. The van der Waals surface area contributed by atoms with Gasteiger partial charge < -0.3 is 23.9 Å². The highest BCUT2D eigenvalue weighted by Crippen LogP contribution is 2.29. The van der Waals surface area contributed by atoms with E-state index in [-0.39, 0.29) is 17.8 Å². The number of methoxy groups -OCH3 is 1. The smallest absolute Gasteiger partial charge is 0.227 e. The summed E-state index contributed by atoms with van der Waals surface area (Å²) in [5.74, 6) is 1.43. The van der Waals surface area contributed by atoms with Crippen LogP contribution in [0.2, 0.25) is 0 Å². The van der Waals surface area contributed by atoms with Gasteiger partial charge in [0.1, 0.15) is 18.5 Å². The molecule has 1 unspecified atom stereocenters. The topological polar surface area (TPSA) is 78.0 Å². The van der Waals surface area contributed by atoms with Gasteiger partial charge in [-0.1, -0.05) is 6.07 Å². The van der Waals surface area contributed by atoms with Gasteiger partial charge in [-0.05, 0) is 58.6 Å². The van der Waals surface area contributed by atoms with E-state index in [9.17, 15) is 9.59 Å². The number of hydrogen-bond donors (Lipinski definition) is 0. The van der Waals surface area contributed by atoms with Crippen LogP contribution in [0.5, 0.6) is 11.5 Å². The molecule has 7 nitrogen and oxygen atoms in total. The van der Waals surface area contributed by atoms with Crippen LogP contribution in [-0.2, 0) is 27.2 Å². The average molecular weight is 491 g/mol. The van der Waals surface area contributed by atoms with Gasteiger partial charge in [0.25, 0.3) is 0 Å². The Labute approximate surface area is 190 Å². The number of halogens is 1. The highest BCUT2D eigenvalue weighted by Gasteiger charge is 2.25. The van der Waals surface area contributed by atoms with Gasteiger partial charge in [0, 0.05) is 29.8 Å². The number of ether oxygens (including phenoxy) is 3. The zero-order valence-corrected chi connectivity index (χ0v) is 19.4. The molecule has 166 valence electrons.